The zero-order valence-corrected chi connectivity index (χ0v) is 15.8. The van der Waals surface area contributed by atoms with E-state index in [2.05, 4.69) is 0 Å². The number of allylic oxidation sites excluding steroid dienone is 2. The minimum atomic E-state index is -1.93. The number of aliphatic hydroxyl groups is 6. The molecule has 0 unspecified atom stereocenters. The fourth-order valence-corrected chi connectivity index (χ4v) is 2.81. The van der Waals surface area contributed by atoms with Crippen LogP contribution in [0, 0.1) is 0 Å². The van der Waals surface area contributed by atoms with Gasteiger partial charge in [-0.05, 0) is 36.1 Å². The predicted octanol–water partition coefficient (Wildman–Crippen LogP) is 2.41. The van der Waals surface area contributed by atoms with Gasteiger partial charge in [-0.15, -0.1) is 0 Å². The van der Waals surface area contributed by atoms with Crippen LogP contribution in [0.25, 0.3) is 11.1 Å². The van der Waals surface area contributed by atoms with Gasteiger partial charge in [-0.3, -0.25) is 0 Å². The Morgan fingerprint density at radius 3 is 1.14 bits per heavy atom. The van der Waals surface area contributed by atoms with E-state index < -0.39 is 35.9 Å². The van der Waals surface area contributed by atoms with Crippen LogP contribution in [-0.2, 0) is 0 Å². The van der Waals surface area contributed by atoms with E-state index >= 15 is 0 Å². The van der Waals surface area contributed by atoms with Crippen LogP contribution in [-0.4, -0.2) is 55.1 Å². The SMILES string of the molecule is C/C(=C(/O)[C@@H](O)[C@@H](O)[C@H](O)[C@@H](O)/C(O)=C(\C)c1ccccc1)c1ccccc1. The smallest absolute Gasteiger partial charge is 0.139 e. The lowest BCUT2D eigenvalue weighted by atomic mass is 9.94. The summed E-state index contributed by atoms with van der Waals surface area (Å²) in [6.45, 7) is 3.11. The summed E-state index contributed by atoms with van der Waals surface area (Å²) in [6, 6.07) is 17.5. The van der Waals surface area contributed by atoms with Crippen molar-refractivity contribution in [1.29, 1.82) is 0 Å². The lowest BCUT2D eigenvalue weighted by Gasteiger charge is -2.27. The van der Waals surface area contributed by atoms with Crippen LogP contribution in [0.4, 0.5) is 0 Å². The number of hydrogen-bond acceptors (Lipinski definition) is 6. The average molecular weight is 386 g/mol. The van der Waals surface area contributed by atoms with Gasteiger partial charge >= 0.3 is 0 Å². The Morgan fingerprint density at radius 1 is 0.571 bits per heavy atom. The summed E-state index contributed by atoms with van der Waals surface area (Å²) in [4.78, 5) is 0. The first kappa shape index (κ1) is 21.7. The van der Waals surface area contributed by atoms with Crippen LogP contribution in [0.2, 0.25) is 0 Å². The maximum atomic E-state index is 10.3. The summed E-state index contributed by atoms with van der Waals surface area (Å²) in [6.07, 6.45) is -7.57. The van der Waals surface area contributed by atoms with Crippen LogP contribution in [0.3, 0.4) is 0 Å². The van der Waals surface area contributed by atoms with Crippen LogP contribution < -0.4 is 0 Å². The zero-order valence-electron chi connectivity index (χ0n) is 15.8. The van der Waals surface area contributed by atoms with Gasteiger partial charge < -0.3 is 30.6 Å². The van der Waals surface area contributed by atoms with Gasteiger partial charge in [-0.1, -0.05) is 60.7 Å². The van der Waals surface area contributed by atoms with Crippen molar-refractivity contribution >= 4 is 11.1 Å². The van der Waals surface area contributed by atoms with Gasteiger partial charge in [-0.2, -0.15) is 0 Å². The molecule has 2 aromatic carbocycles. The molecule has 0 saturated heterocycles. The minimum absolute atomic E-state index is 0.314. The fraction of sp³-hybridized carbons (Fsp3) is 0.273. The maximum absolute atomic E-state index is 10.3. The summed E-state index contributed by atoms with van der Waals surface area (Å²) in [5.74, 6) is -1.07. The van der Waals surface area contributed by atoms with Gasteiger partial charge in [0.1, 0.15) is 35.9 Å². The molecule has 0 spiro atoms. The van der Waals surface area contributed by atoms with E-state index in [-0.39, 0.29) is 0 Å². The molecule has 0 bridgehead atoms. The van der Waals surface area contributed by atoms with Gasteiger partial charge in [0.2, 0.25) is 0 Å². The third kappa shape index (κ3) is 4.79. The Bertz CT molecular complexity index is 757. The molecule has 0 amide bonds. The molecule has 0 heterocycles. The summed E-state index contributed by atoms with van der Waals surface area (Å²) < 4.78 is 0. The van der Waals surface area contributed by atoms with Crippen LogP contribution in [0.15, 0.2) is 72.2 Å². The van der Waals surface area contributed by atoms with Gasteiger partial charge in [0, 0.05) is 0 Å². The number of benzene rings is 2. The first-order chi connectivity index (χ1) is 13.3. The summed E-state index contributed by atoms with van der Waals surface area (Å²) in [7, 11) is 0. The molecule has 0 radical (unpaired) electrons. The van der Waals surface area contributed by atoms with E-state index in [4.69, 9.17) is 0 Å². The van der Waals surface area contributed by atoms with Crippen molar-refractivity contribution in [3.05, 3.63) is 83.3 Å². The second-order valence-corrected chi connectivity index (χ2v) is 6.62. The molecule has 6 N–H and O–H groups in total. The van der Waals surface area contributed by atoms with E-state index in [1.807, 2.05) is 0 Å². The van der Waals surface area contributed by atoms with Crippen molar-refractivity contribution in [2.45, 2.75) is 38.3 Å². The molecule has 2 aromatic rings. The molecule has 0 aliphatic carbocycles. The Hall–Kier alpha value is -2.64. The Balaban J connectivity index is 2.21. The van der Waals surface area contributed by atoms with Crippen molar-refractivity contribution in [2.75, 3.05) is 0 Å². The third-order valence-corrected chi connectivity index (χ3v) is 4.74. The highest BCUT2D eigenvalue weighted by Gasteiger charge is 2.35. The van der Waals surface area contributed by atoms with Crippen molar-refractivity contribution < 1.29 is 30.6 Å². The molecule has 0 aliphatic heterocycles. The first-order valence-corrected chi connectivity index (χ1v) is 8.88. The Morgan fingerprint density at radius 2 is 0.857 bits per heavy atom. The van der Waals surface area contributed by atoms with Crippen LogP contribution in [0.5, 0.6) is 0 Å². The lowest BCUT2D eigenvalue weighted by molar-refractivity contribution is -0.0999. The highest BCUT2D eigenvalue weighted by Crippen LogP contribution is 2.24. The fourth-order valence-electron chi connectivity index (χ4n) is 2.81. The molecular weight excluding hydrogens is 360 g/mol. The largest absolute Gasteiger partial charge is 0.509 e. The molecule has 0 fully saturated rings. The topological polar surface area (TPSA) is 121 Å². The van der Waals surface area contributed by atoms with Crippen LogP contribution >= 0.6 is 0 Å². The van der Waals surface area contributed by atoms with E-state index in [0.717, 1.165) is 0 Å². The molecule has 150 valence electrons. The molecule has 6 heteroatoms. The predicted molar refractivity (Wildman–Crippen MR) is 107 cm³/mol. The van der Waals surface area contributed by atoms with Crippen LogP contribution in [0.1, 0.15) is 25.0 Å². The van der Waals surface area contributed by atoms with Crippen molar-refractivity contribution in [3.63, 3.8) is 0 Å². The zero-order chi connectivity index (χ0) is 20.8. The van der Waals surface area contributed by atoms with Gasteiger partial charge in [-0.25, -0.2) is 0 Å². The van der Waals surface area contributed by atoms with E-state index in [0.29, 0.717) is 22.3 Å². The third-order valence-electron chi connectivity index (χ3n) is 4.74. The summed E-state index contributed by atoms with van der Waals surface area (Å²) in [5.41, 5.74) is 1.89. The lowest BCUT2D eigenvalue weighted by Crippen LogP contribution is -2.46. The molecule has 6 nitrogen and oxygen atoms in total. The molecule has 0 aliphatic rings. The second kappa shape index (κ2) is 9.52. The normalized spacial score (nSPS) is 17.8. The molecular formula is C22H26O6. The van der Waals surface area contributed by atoms with Crippen molar-refractivity contribution in [2.24, 2.45) is 0 Å². The summed E-state index contributed by atoms with van der Waals surface area (Å²) in [5, 5.41) is 61.5. The molecule has 0 saturated carbocycles. The Kier molecular flexibility index (Phi) is 7.37. The highest BCUT2D eigenvalue weighted by atomic mass is 16.4. The molecule has 2 rings (SSSR count). The Labute approximate surface area is 164 Å². The monoisotopic (exact) mass is 386 g/mol. The van der Waals surface area contributed by atoms with E-state index in [9.17, 15) is 30.6 Å². The van der Waals surface area contributed by atoms with Gasteiger partial charge in [0.15, 0.2) is 0 Å². The van der Waals surface area contributed by atoms with E-state index in [1.165, 1.54) is 0 Å². The summed E-state index contributed by atoms with van der Waals surface area (Å²) >= 11 is 0. The molecule has 4 atom stereocenters. The standard InChI is InChI=1S/C22H26O6/c1-13(15-9-5-3-6-10-15)17(23)19(25)21(27)22(28)20(26)18(24)14(2)16-11-7-4-8-12-16/h3-12,19-28H,1-2H3/b17-13-,18-14-/t19-,20+,21-,22-/m1/s1. The number of aliphatic hydroxyl groups excluding tert-OH is 6. The minimum Gasteiger partial charge on any atom is -0.509 e. The van der Waals surface area contributed by atoms with Gasteiger partial charge in [0.25, 0.3) is 0 Å². The second-order valence-electron chi connectivity index (χ2n) is 6.62. The molecule has 0 aromatic heterocycles. The maximum Gasteiger partial charge on any atom is 0.139 e. The number of hydrogen-bond donors (Lipinski definition) is 6. The quantitative estimate of drug-likeness (QED) is 0.407. The van der Waals surface area contributed by atoms with Crippen molar-refractivity contribution in [1.82, 2.24) is 0 Å². The van der Waals surface area contributed by atoms with Gasteiger partial charge in [0.05, 0.1) is 0 Å². The number of rotatable bonds is 7. The van der Waals surface area contributed by atoms with Crippen molar-refractivity contribution in [3.8, 4) is 0 Å². The first-order valence-electron chi connectivity index (χ1n) is 8.88. The average Bonchev–Trinajstić information content (AvgIpc) is 2.76. The molecule has 28 heavy (non-hydrogen) atoms. The van der Waals surface area contributed by atoms with E-state index in [1.54, 1.807) is 74.5 Å². The highest BCUT2D eigenvalue weighted by molar-refractivity contribution is 5.67.